The van der Waals surface area contributed by atoms with Gasteiger partial charge < -0.3 is 10.5 Å². The van der Waals surface area contributed by atoms with E-state index in [1.165, 1.54) is 7.11 Å². The number of benzene rings is 1. The number of rotatable bonds is 2. The van der Waals surface area contributed by atoms with E-state index >= 15 is 0 Å². The fourth-order valence-electron chi connectivity index (χ4n) is 1.71. The number of nitrogens with two attached hydrogens (primary N) is 1. The van der Waals surface area contributed by atoms with Gasteiger partial charge in [0.1, 0.15) is 5.69 Å². The zero-order valence-electron chi connectivity index (χ0n) is 11.0. The number of carbonyl (C=O) groups excluding carboxylic acids is 1. The molecule has 0 unspecified atom stereocenters. The first-order valence-electron chi connectivity index (χ1n) is 5.79. The first-order chi connectivity index (χ1) is 9.99. The lowest BCUT2D eigenvalue weighted by Gasteiger charge is -2.10. The molecule has 0 aliphatic carbocycles. The van der Waals surface area contributed by atoms with Gasteiger partial charge in [0.05, 0.1) is 17.8 Å². The standard InChI is InChI=1S/C15H10ClFN2O2/c1-3-8-4-6-9(7-5-8)13-11(17)12(18)10(16)14(19-13)15(20)21-2/h1,4-7H,2H3,(H2,18,19). The van der Waals surface area contributed by atoms with Crippen LogP contribution in [0, 0.1) is 18.2 Å². The summed E-state index contributed by atoms with van der Waals surface area (Å²) in [5.41, 5.74) is 5.94. The summed E-state index contributed by atoms with van der Waals surface area (Å²) in [6.45, 7) is 0. The zero-order valence-corrected chi connectivity index (χ0v) is 11.7. The predicted octanol–water partition coefficient (Wildman–Crippen LogP) is 2.89. The number of hydrogen-bond donors (Lipinski definition) is 1. The van der Waals surface area contributed by atoms with Crippen LogP contribution in [0.4, 0.5) is 10.1 Å². The van der Waals surface area contributed by atoms with E-state index in [1.54, 1.807) is 24.3 Å². The van der Waals surface area contributed by atoms with Crippen molar-refractivity contribution < 1.29 is 13.9 Å². The number of carbonyl (C=O) groups is 1. The van der Waals surface area contributed by atoms with Crippen molar-refractivity contribution in [1.29, 1.82) is 0 Å². The number of nitrogen functional groups attached to an aromatic ring is 1. The van der Waals surface area contributed by atoms with Gasteiger partial charge in [-0.1, -0.05) is 29.7 Å². The molecule has 6 heteroatoms. The van der Waals surface area contributed by atoms with Crippen molar-refractivity contribution in [3.63, 3.8) is 0 Å². The van der Waals surface area contributed by atoms with E-state index in [1.807, 2.05) is 0 Å². The third-order valence-corrected chi connectivity index (χ3v) is 3.20. The van der Waals surface area contributed by atoms with Crippen LogP contribution in [0.5, 0.6) is 0 Å². The number of anilines is 1. The predicted molar refractivity (Wildman–Crippen MR) is 78.3 cm³/mol. The number of methoxy groups -OCH3 is 1. The van der Waals surface area contributed by atoms with Crippen molar-refractivity contribution >= 4 is 23.3 Å². The van der Waals surface area contributed by atoms with Gasteiger partial charge in [-0.2, -0.15) is 0 Å². The summed E-state index contributed by atoms with van der Waals surface area (Å²) in [4.78, 5) is 15.5. The molecule has 2 N–H and O–H groups in total. The molecule has 2 rings (SSSR count). The minimum absolute atomic E-state index is 0.0964. The minimum atomic E-state index is -0.805. The SMILES string of the molecule is C#Cc1ccc(-c2nc(C(=O)OC)c(Cl)c(N)c2F)cc1. The third-order valence-electron chi connectivity index (χ3n) is 2.82. The highest BCUT2D eigenvalue weighted by Gasteiger charge is 2.22. The summed E-state index contributed by atoms with van der Waals surface area (Å²) < 4.78 is 18.8. The van der Waals surface area contributed by atoms with E-state index in [9.17, 15) is 9.18 Å². The molecule has 0 aliphatic heterocycles. The Balaban J connectivity index is 2.65. The fourth-order valence-corrected chi connectivity index (χ4v) is 1.91. The van der Waals surface area contributed by atoms with Crippen LogP contribution in [0.2, 0.25) is 5.02 Å². The van der Waals surface area contributed by atoms with Crippen LogP contribution in [0.25, 0.3) is 11.3 Å². The van der Waals surface area contributed by atoms with Crippen molar-refractivity contribution in [2.75, 3.05) is 12.8 Å². The Hall–Kier alpha value is -2.58. The van der Waals surface area contributed by atoms with Gasteiger partial charge in [-0.15, -0.1) is 6.42 Å². The highest BCUT2D eigenvalue weighted by atomic mass is 35.5. The molecule has 4 nitrogen and oxygen atoms in total. The van der Waals surface area contributed by atoms with E-state index < -0.39 is 11.8 Å². The van der Waals surface area contributed by atoms with E-state index in [-0.39, 0.29) is 22.1 Å². The molecule has 0 aliphatic rings. The molecular weight excluding hydrogens is 295 g/mol. The van der Waals surface area contributed by atoms with Crippen LogP contribution < -0.4 is 5.73 Å². The first-order valence-corrected chi connectivity index (χ1v) is 6.17. The van der Waals surface area contributed by atoms with Crippen molar-refractivity contribution in [2.24, 2.45) is 0 Å². The van der Waals surface area contributed by atoms with Crippen LogP contribution >= 0.6 is 11.6 Å². The Morgan fingerprint density at radius 2 is 2.05 bits per heavy atom. The summed E-state index contributed by atoms with van der Waals surface area (Å²) in [5, 5.41) is -0.275. The van der Waals surface area contributed by atoms with Gasteiger partial charge in [0.25, 0.3) is 0 Å². The van der Waals surface area contributed by atoms with Gasteiger partial charge >= 0.3 is 5.97 Å². The number of hydrogen-bond acceptors (Lipinski definition) is 4. The highest BCUT2D eigenvalue weighted by Crippen LogP contribution is 2.32. The average molecular weight is 305 g/mol. The molecule has 0 saturated carbocycles. The van der Waals surface area contributed by atoms with E-state index in [2.05, 4.69) is 15.6 Å². The molecule has 0 spiro atoms. The zero-order chi connectivity index (χ0) is 15.6. The minimum Gasteiger partial charge on any atom is -0.464 e. The maximum atomic E-state index is 14.2. The molecule has 0 atom stereocenters. The maximum Gasteiger partial charge on any atom is 0.358 e. The number of ether oxygens (including phenoxy) is 1. The first kappa shape index (κ1) is 14.8. The van der Waals surface area contributed by atoms with Crippen LogP contribution in [-0.2, 0) is 4.74 Å². The van der Waals surface area contributed by atoms with Gasteiger partial charge in [0, 0.05) is 11.1 Å². The van der Waals surface area contributed by atoms with Crippen LogP contribution in [0.15, 0.2) is 24.3 Å². The Morgan fingerprint density at radius 3 is 2.57 bits per heavy atom. The Labute approximate surface area is 125 Å². The van der Waals surface area contributed by atoms with Crippen LogP contribution in [0.1, 0.15) is 16.1 Å². The number of esters is 1. The lowest BCUT2D eigenvalue weighted by atomic mass is 10.1. The molecule has 0 amide bonds. The number of pyridine rings is 1. The fraction of sp³-hybridized carbons (Fsp3) is 0.0667. The van der Waals surface area contributed by atoms with Crippen molar-refractivity contribution in [3.8, 4) is 23.6 Å². The molecule has 106 valence electrons. The van der Waals surface area contributed by atoms with E-state index in [0.29, 0.717) is 11.1 Å². The molecule has 0 fully saturated rings. The number of nitrogens with zero attached hydrogens (tertiary/aromatic N) is 1. The van der Waals surface area contributed by atoms with Gasteiger partial charge in [0.15, 0.2) is 11.5 Å². The molecule has 1 aromatic carbocycles. The number of aromatic nitrogens is 1. The number of halogens is 2. The Bertz CT molecular complexity index is 752. The molecule has 1 aromatic heterocycles. The maximum absolute atomic E-state index is 14.2. The van der Waals surface area contributed by atoms with Gasteiger partial charge in [-0.05, 0) is 12.1 Å². The molecule has 0 bridgehead atoms. The van der Waals surface area contributed by atoms with Crippen molar-refractivity contribution in [1.82, 2.24) is 4.98 Å². The smallest absolute Gasteiger partial charge is 0.358 e. The van der Waals surface area contributed by atoms with Gasteiger partial charge in [0.2, 0.25) is 0 Å². The largest absolute Gasteiger partial charge is 0.464 e. The monoisotopic (exact) mass is 304 g/mol. The van der Waals surface area contributed by atoms with Gasteiger partial charge in [-0.25, -0.2) is 14.2 Å². The normalized spacial score (nSPS) is 10.0. The highest BCUT2D eigenvalue weighted by molar-refractivity contribution is 6.35. The van der Waals surface area contributed by atoms with E-state index in [4.69, 9.17) is 23.8 Å². The van der Waals surface area contributed by atoms with Crippen molar-refractivity contribution in [3.05, 3.63) is 46.4 Å². The molecular formula is C15H10ClFN2O2. The summed E-state index contributed by atoms with van der Waals surface area (Å²) >= 11 is 5.82. The van der Waals surface area contributed by atoms with E-state index in [0.717, 1.165) is 0 Å². The number of terminal acetylenes is 1. The topological polar surface area (TPSA) is 65.2 Å². The second kappa shape index (κ2) is 5.81. The molecule has 1 heterocycles. The molecule has 0 saturated heterocycles. The Kier molecular flexibility index (Phi) is 4.10. The lowest BCUT2D eigenvalue weighted by molar-refractivity contribution is 0.0594. The van der Waals surface area contributed by atoms with Crippen LogP contribution in [0.3, 0.4) is 0 Å². The summed E-state index contributed by atoms with van der Waals surface area (Å²) in [6, 6.07) is 6.40. The summed E-state index contributed by atoms with van der Waals surface area (Å²) in [7, 11) is 1.17. The average Bonchev–Trinajstić information content (AvgIpc) is 2.52. The Morgan fingerprint density at radius 1 is 1.43 bits per heavy atom. The third kappa shape index (κ3) is 2.67. The summed E-state index contributed by atoms with van der Waals surface area (Å²) in [6.07, 6.45) is 5.26. The second-order valence-electron chi connectivity index (χ2n) is 4.06. The second-order valence-corrected chi connectivity index (χ2v) is 4.44. The lowest BCUT2D eigenvalue weighted by Crippen LogP contribution is -2.10. The van der Waals surface area contributed by atoms with Gasteiger partial charge in [-0.3, -0.25) is 0 Å². The molecule has 2 aromatic rings. The van der Waals surface area contributed by atoms with Crippen LogP contribution in [-0.4, -0.2) is 18.1 Å². The summed E-state index contributed by atoms with van der Waals surface area (Å²) in [5.74, 6) is 0.843. The van der Waals surface area contributed by atoms with Crippen molar-refractivity contribution in [2.45, 2.75) is 0 Å². The molecule has 0 radical (unpaired) electrons. The quantitative estimate of drug-likeness (QED) is 0.684. The molecule has 21 heavy (non-hydrogen) atoms.